The van der Waals surface area contributed by atoms with Gasteiger partial charge >= 0.3 is 7.82 Å². The molecule has 1 fully saturated rings. The number of aliphatic hydroxyl groups is 2. The van der Waals surface area contributed by atoms with Gasteiger partial charge in [0.2, 0.25) is 11.8 Å². The van der Waals surface area contributed by atoms with E-state index in [1.807, 2.05) is 0 Å². The van der Waals surface area contributed by atoms with Crippen molar-refractivity contribution in [1.82, 2.24) is 19.5 Å². The van der Waals surface area contributed by atoms with Crippen LogP contribution in [0, 0.1) is 0 Å². The van der Waals surface area contributed by atoms with Crippen molar-refractivity contribution in [2.75, 3.05) is 11.9 Å². The lowest BCUT2D eigenvalue weighted by atomic mass is 10.1. The van der Waals surface area contributed by atoms with E-state index < -0.39 is 50.8 Å². The van der Waals surface area contributed by atoms with Gasteiger partial charge in [-0.1, -0.05) is 6.07 Å². The summed E-state index contributed by atoms with van der Waals surface area (Å²) < 4.78 is 21.9. The molecular weight excluding hydrogens is 457 g/mol. The third-order valence-electron chi connectivity index (χ3n) is 4.39. The highest BCUT2D eigenvalue weighted by atomic mass is 32.1. The molecule has 31 heavy (non-hydrogen) atoms. The molecule has 166 valence electrons. The normalized spacial score (nSPS) is 24.0. The Kier molecular flexibility index (Phi) is 5.76. The molecule has 0 radical (unpaired) electrons. The quantitative estimate of drug-likeness (QED) is 0.252. The van der Waals surface area contributed by atoms with Crippen molar-refractivity contribution in [2.45, 2.75) is 24.5 Å². The summed E-state index contributed by atoms with van der Waals surface area (Å²) in [4.78, 5) is 42.1. The van der Waals surface area contributed by atoms with E-state index in [0.717, 1.165) is 6.33 Å². The molecule has 0 saturated carbocycles. The number of hydrogen-bond acceptors (Lipinski definition) is 11. The molecule has 1 saturated heterocycles. The molecule has 1 aliphatic heterocycles. The van der Waals surface area contributed by atoms with Crippen LogP contribution in [0.4, 0.5) is 5.95 Å². The minimum atomic E-state index is -4.82. The zero-order chi connectivity index (χ0) is 22.3. The minimum Gasteiger partial charge on any atom is -0.492 e. The number of fused-ring (bicyclic) bond motifs is 1. The number of rotatable bonds is 6. The summed E-state index contributed by atoms with van der Waals surface area (Å²) in [6.45, 7) is -0.687. The Hall–Kier alpha value is -2.49. The molecule has 0 unspecified atom stereocenters. The summed E-state index contributed by atoms with van der Waals surface area (Å²) in [5.41, 5.74) is -0.0869. The molecule has 0 spiro atoms. The molecule has 1 amide bonds. The SMILES string of the molecule is O=C(Nc1nc(O)c2ncn([C@@H]3O[C@H](COP(=O)(O)O)[C@H](O)[C@H]3O)c2n1)c1cccs1. The predicted octanol–water partition coefficient (Wildman–Crippen LogP) is -0.426. The molecule has 0 bridgehead atoms. The van der Waals surface area contributed by atoms with Gasteiger partial charge in [-0.15, -0.1) is 11.3 Å². The number of aromatic nitrogens is 4. The van der Waals surface area contributed by atoms with Crippen molar-refractivity contribution in [3.8, 4) is 5.88 Å². The molecule has 0 aromatic carbocycles. The van der Waals surface area contributed by atoms with Gasteiger partial charge in [0.1, 0.15) is 18.3 Å². The van der Waals surface area contributed by atoms with Gasteiger partial charge in [0, 0.05) is 0 Å². The van der Waals surface area contributed by atoms with Crippen molar-refractivity contribution >= 4 is 42.2 Å². The molecule has 3 aromatic heterocycles. The summed E-state index contributed by atoms with van der Waals surface area (Å²) in [5, 5.41) is 34.8. The molecule has 4 heterocycles. The number of anilines is 1. The Morgan fingerprint density at radius 2 is 2.10 bits per heavy atom. The van der Waals surface area contributed by atoms with Crippen molar-refractivity contribution < 1.29 is 43.7 Å². The number of carbonyl (C=O) groups excluding carboxylic acids is 1. The van der Waals surface area contributed by atoms with E-state index in [4.69, 9.17) is 14.5 Å². The fourth-order valence-corrected chi connectivity index (χ4v) is 3.94. The highest BCUT2D eigenvalue weighted by Crippen LogP contribution is 2.39. The van der Waals surface area contributed by atoms with Gasteiger partial charge in [0.15, 0.2) is 17.4 Å². The van der Waals surface area contributed by atoms with Crippen LogP contribution in [0.25, 0.3) is 11.2 Å². The third-order valence-corrected chi connectivity index (χ3v) is 5.75. The van der Waals surface area contributed by atoms with E-state index in [0.29, 0.717) is 4.88 Å². The number of hydrogen-bond donors (Lipinski definition) is 6. The second-order valence-corrected chi connectivity index (χ2v) is 8.65. The number of phosphoric ester groups is 1. The van der Waals surface area contributed by atoms with E-state index in [1.165, 1.54) is 15.9 Å². The van der Waals surface area contributed by atoms with Crippen LogP contribution in [0.2, 0.25) is 0 Å². The van der Waals surface area contributed by atoms with Crippen molar-refractivity contribution in [1.29, 1.82) is 0 Å². The van der Waals surface area contributed by atoms with Crippen LogP contribution in [0.3, 0.4) is 0 Å². The first-order valence-corrected chi connectivity index (χ1v) is 11.0. The summed E-state index contributed by atoms with van der Waals surface area (Å²) >= 11 is 1.19. The molecule has 6 N–H and O–H groups in total. The number of phosphoric acid groups is 1. The number of aromatic hydroxyl groups is 1. The van der Waals surface area contributed by atoms with Crippen LogP contribution in [-0.2, 0) is 13.8 Å². The minimum absolute atomic E-state index is 0.0261. The predicted molar refractivity (Wildman–Crippen MR) is 103 cm³/mol. The second kappa shape index (κ2) is 8.22. The lowest BCUT2D eigenvalue weighted by molar-refractivity contribution is -0.0503. The van der Waals surface area contributed by atoms with Crippen LogP contribution in [0.1, 0.15) is 15.9 Å². The molecule has 4 rings (SSSR count). The van der Waals surface area contributed by atoms with Crippen molar-refractivity contribution in [3.05, 3.63) is 28.7 Å². The van der Waals surface area contributed by atoms with Gasteiger partial charge in [0.25, 0.3) is 5.91 Å². The number of amides is 1. The lowest BCUT2D eigenvalue weighted by Crippen LogP contribution is -2.33. The van der Waals surface area contributed by atoms with Crippen LogP contribution in [0.15, 0.2) is 23.8 Å². The first-order chi connectivity index (χ1) is 14.6. The van der Waals surface area contributed by atoms with Crippen molar-refractivity contribution in [3.63, 3.8) is 0 Å². The Bertz CT molecular complexity index is 1150. The number of aliphatic hydroxyl groups excluding tert-OH is 2. The van der Waals surface area contributed by atoms with Gasteiger partial charge in [0.05, 0.1) is 17.8 Å². The average molecular weight is 473 g/mol. The summed E-state index contributed by atoms with van der Waals surface area (Å²) in [7, 11) is -4.82. The monoisotopic (exact) mass is 473 g/mol. The highest BCUT2D eigenvalue weighted by Gasteiger charge is 2.45. The largest absolute Gasteiger partial charge is 0.492 e. The number of nitrogens with zero attached hydrogens (tertiary/aromatic N) is 4. The Morgan fingerprint density at radius 3 is 2.77 bits per heavy atom. The molecule has 3 aromatic rings. The fraction of sp³-hybridized carbons (Fsp3) is 0.333. The first-order valence-electron chi connectivity index (χ1n) is 8.64. The van der Waals surface area contributed by atoms with Crippen LogP contribution in [0.5, 0.6) is 5.88 Å². The highest BCUT2D eigenvalue weighted by molar-refractivity contribution is 7.46. The van der Waals surface area contributed by atoms with E-state index in [9.17, 15) is 24.7 Å². The number of imidazole rings is 1. The van der Waals surface area contributed by atoms with Crippen LogP contribution < -0.4 is 5.32 Å². The Labute approximate surface area is 177 Å². The average Bonchev–Trinajstić information content (AvgIpc) is 3.41. The Morgan fingerprint density at radius 1 is 1.32 bits per heavy atom. The van der Waals surface area contributed by atoms with Gasteiger partial charge in [-0.05, 0) is 11.4 Å². The molecule has 0 aliphatic carbocycles. The maximum Gasteiger partial charge on any atom is 0.469 e. The number of nitrogens with one attached hydrogen (secondary N) is 1. The lowest BCUT2D eigenvalue weighted by Gasteiger charge is -2.16. The maximum absolute atomic E-state index is 12.2. The number of carbonyl (C=O) groups is 1. The molecular formula is C15H16N5O9PS. The molecule has 14 nitrogen and oxygen atoms in total. The number of ether oxygens (including phenoxy) is 1. The third kappa shape index (κ3) is 4.44. The van der Waals surface area contributed by atoms with Crippen molar-refractivity contribution in [2.24, 2.45) is 0 Å². The van der Waals surface area contributed by atoms with E-state index >= 15 is 0 Å². The van der Waals surface area contributed by atoms with E-state index in [2.05, 4.69) is 24.8 Å². The van der Waals surface area contributed by atoms with E-state index in [1.54, 1.807) is 17.5 Å². The first kappa shape index (κ1) is 21.7. The van der Waals surface area contributed by atoms with Crippen LogP contribution in [-0.4, -0.2) is 75.5 Å². The molecule has 16 heteroatoms. The summed E-state index contributed by atoms with van der Waals surface area (Å²) in [6, 6.07) is 3.28. The zero-order valence-electron chi connectivity index (χ0n) is 15.3. The van der Waals surface area contributed by atoms with E-state index in [-0.39, 0.29) is 17.1 Å². The van der Waals surface area contributed by atoms with Gasteiger partial charge in [-0.25, -0.2) is 9.55 Å². The topological polar surface area (TPSA) is 209 Å². The molecule has 1 aliphatic rings. The summed E-state index contributed by atoms with van der Waals surface area (Å²) in [6.07, 6.45) is -4.46. The van der Waals surface area contributed by atoms with Crippen LogP contribution >= 0.6 is 19.2 Å². The fourth-order valence-electron chi connectivity index (χ4n) is 2.98. The smallest absolute Gasteiger partial charge is 0.469 e. The zero-order valence-corrected chi connectivity index (χ0v) is 17.1. The second-order valence-electron chi connectivity index (χ2n) is 6.46. The number of thiophene rings is 1. The molecule has 4 atom stereocenters. The standard InChI is InChI=1S/C15H16N5O9PS/c21-9-6(4-28-30(25,26)27)29-14(10(9)22)20-5-16-8-11(20)17-15(19-13(8)24)18-12(23)7-2-1-3-31-7/h1-3,5-6,9-10,14,21-22H,4H2,(H2,25,26,27)(H2,17,18,19,23,24)/t6-,9+,10-,14-/m1/s1. The van der Waals surface area contributed by atoms with Gasteiger partial charge in [-0.2, -0.15) is 9.97 Å². The van der Waals surface area contributed by atoms with Gasteiger partial charge in [-0.3, -0.25) is 19.2 Å². The maximum atomic E-state index is 12.2. The van der Waals surface area contributed by atoms with Gasteiger partial charge < -0.3 is 29.8 Å². The Balaban J connectivity index is 1.61. The summed E-state index contributed by atoms with van der Waals surface area (Å²) in [5.74, 6) is -1.28.